The lowest BCUT2D eigenvalue weighted by atomic mass is 9.82. The number of hydrazine groups is 1. The van der Waals surface area contributed by atoms with Crippen LogP contribution in [0.3, 0.4) is 0 Å². The van der Waals surface area contributed by atoms with Crippen molar-refractivity contribution in [1.82, 2.24) is 24.8 Å². The maximum absolute atomic E-state index is 15.5. The zero-order valence-electron chi connectivity index (χ0n) is 33.4. The molecule has 0 radical (unpaired) electrons. The first kappa shape index (κ1) is 41.2. The fourth-order valence-corrected chi connectivity index (χ4v) is 9.41. The van der Waals surface area contributed by atoms with Gasteiger partial charge in [0.1, 0.15) is 17.4 Å². The SMILES string of the molecule is CCOc1cc(CN2CCC(C3CC(N(N)c4nc(-c5ccccc5F)c5cc(Cl)ccc5n4)CCN3c3nc(-c4ccccc4F)c4cc(Cl)ccc4n3)CC2)ccc1Cl. The summed E-state index contributed by atoms with van der Waals surface area (Å²) in [4.78, 5) is 24.8. The van der Waals surface area contributed by atoms with E-state index in [2.05, 4.69) is 15.9 Å². The molecule has 9 nitrogen and oxygen atoms in total. The Morgan fingerprint density at radius 3 is 1.98 bits per heavy atom. The van der Waals surface area contributed by atoms with E-state index < -0.39 is 5.82 Å². The van der Waals surface area contributed by atoms with Crippen LogP contribution in [0.2, 0.25) is 15.1 Å². The number of anilines is 2. The molecule has 2 aromatic heterocycles. The van der Waals surface area contributed by atoms with Gasteiger partial charge in [-0.1, -0.05) is 65.1 Å². The molecule has 0 amide bonds. The number of halogens is 5. The molecular formula is C47H43Cl3F2N8O. The predicted molar refractivity (Wildman–Crippen MR) is 241 cm³/mol. The van der Waals surface area contributed by atoms with E-state index in [1.54, 1.807) is 71.7 Å². The average Bonchev–Trinajstić information content (AvgIpc) is 3.27. The van der Waals surface area contributed by atoms with E-state index in [-0.39, 0.29) is 29.8 Å². The smallest absolute Gasteiger partial charge is 0.241 e. The first-order valence-corrected chi connectivity index (χ1v) is 21.7. The maximum Gasteiger partial charge on any atom is 0.241 e. The molecule has 61 heavy (non-hydrogen) atoms. The molecule has 0 bridgehead atoms. The highest BCUT2D eigenvalue weighted by Crippen LogP contribution is 2.39. The van der Waals surface area contributed by atoms with E-state index in [9.17, 15) is 0 Å². The van der Waals surface area contributed by atoms with Gasteiger partial charge >= 0.3 is 0 Å². The maximum atomic E-state index is 15.5. The molecule has 2 unspecified atom stereocenters. The average molecular weight is 880 g/mol. The van der Waals surface area contributed by atoms with E-state index >= 15 is 8.78 Å². The van der Waals surface area contributed by atoms with Gasteiger partial charge in [-0.3, -0.25) is 9.91 Å². The minimum Gasteiger partial charge on any atom is -0.492 e. The lowest BCUT2D eigenvalue weighted by Gasteiger charge is -2.47. The number of benzene rings is 5. The molecule has 4 heterocycles. The molecule has 2 aliphatic heterocycles. The third kappa shape index (κ3) is 8.54. The summed E-state index contributed by atoms with van der Waals surface area (Å²) in [5.41, 5.74) is 4.02. The van der Waals surface area contributed by atoms with Crippen LogP contribution in [0.25, 0.3) is 44.3 Å². The molecule has 0 aliphatic carbocycles. The van der Waals surface area contributed by atoms with Crippen molar-refractivity contribution in [3.8, 4) is 28.3 Å². The second-order valence-electron chi connectivity index (χ2n) is 15.7. The van der Waals surface area contributed by atoms with Crippen LogP contribution in [0.15, 0.2) is 103 Å². The summed E-state index contributed by atoms with van der Waals surface area (Å²) in [5.74, 6) is 8.02. The standard InChI is InChI=1S/C47H43Cl3F2N8O/c1-2-61-43-23-28(11-14-37(43)50)27-58-20-17-29(18-21-58)42-26-32(60(53)47-55-41-16-13-31(49)25-36(41)45(57-47)34-8-4-6-10-39(34)52)19-22-59(42)46-54-40-15-12-30(48)24-35(40)44(56-46)33-7-3-5-9-38(33)51/h3-16,23-25,29,32,42H,2,17-22,26-27,53H2,1H3. The van der Waals surface area contributed by atoms with Crippen molar-refractivity contribution in [2.24, 2.45) is 11.8 Å². The van der Waals surface area contributed by atoms with Gasteiger partial charge in [0.2, 0.25) is 11.9 Å². The van der Waals surface area contributed by atoms with Crippen LogP contribution in [0.4, 0.5) is 20.7 Å². The van der Waals surface area contributed by atoms with Crippen molar-refractivity contribution in [2.75, 3.05) is 36.1 Å². The van der Waals surface area contributed by atoms with Gasteiger partial charge < -0.3 is 9.64 Å². The van der Waals surface area contributed by atoms with Gasteiger partial charge in [0.25, 0.3) is 0 Å². The normalized spacial score (nSPS) is 17.6. The van der Waals surface area contributed by atoms with Crippen molar-refractivity contribution in [3.05, 3.63) is 135 Å². The third-order valence-corrected chi connectivity index (χ3v) is 12.7. The number of ether oxygens (including phenoxy) is 1. The van der Waals surface area contributed by atoms with Crippen molar-refractivity contribution in [3.63, 3.8) is 0 Å². The number of hydrogen-bond donors (Lipinski definition) is 1. The second kappa shape index (κ2) is 17.7. The summed E-state index contributed by atoms with van der Waals surface area (Å²) in [6.45, 7) is 5.57. The number of nitrogens with zero attached hydrogens (tertiary/aromatic N) is 7. The first-order chi connectivity index (χ1) is 29.6. The Bertz CT molecular complexity index is 2730. The zero-order valence-corrected chi connectivity index (χ0v) is 35.7. The number of fused-ring (bicyclic) bond motifs is 2. The zero-order chi connectivity index (χ0) is 42.2. The Hall–Kier alpha value is -5.17. The van der Waals surface area contributed by atoms with Crippen LogP contribution in [-0.2, 0) is 6.54 Å². The molecule has 2 N–H and O–H groups in total. The van der Waals surface area contributed by atoms with Gasteiger partial charge in [0.15, 0.2) is 0 Å². The minimum atomic E-state index is -0.407. The summed E-state index contributed by atoms with van der Waals surface area (Å²) in [6, 6.07) is 29.7. The van der Waals surface area contributed by atoms with E-state index in [1.165, 1.54) is 12.1 Å². The molecule has 0 saturated carbocycles. The van der Waals surface area contributed by atoms with E-state index in [4.69, 9.17) is 65.3 Å². The molecule has 7 aromatic rings. The fraction of sp³-hybridized carbons (Fsp3) is 0.277. The Morgan fingerprint density at radius 2 is 1.34 bits per heavy atom. The van der Waals surface area contributed by atoms with Crippen LogP contribution in [0.1, 0.15) is 38.2 Å². The number of rotatable bonds is 10. The Labute approximate surface area is 368 Å². The van der Waals surface area contributed by atoms with Gasteiger partial charge in [0, 0.05) is 51.1 Å². The number of piperidine rings is 2. The monoisotopic (exact) mass is 878 g/mol. The van der Waals surface area contributed by atoms with Crippen molar-refractivity contribution >= 4 is 68.5 Å². The quantitative estimate of drug-likeness (QED) is 0.106. The summed E-state index contributed by atoms with van der Waals surface area (Å²) >= 11 is 19.3. The van der Waals surface area contributed by atoms with Gasteiger partial charge in [0.05, 0.1) is 40.1 Å². The van der Waals surface area contributed by atoms with Gasteiger partial charge in [-0.05, 0) is 130 Å². The Balaban J connectivity index is 1.06. The van der Waals surface area contributed by atoms with Crippen LogP contribution in [-0.4, -0.2) is 63.2 Å². The molecule has 14 heteroatoms. The van der Waals surface area contributed by atoms with Crippen LogP contribution in [0.5, 0.6) is 5.75 Å². The van der Waals surface area contributed by atoms with Gasteiger partial charge in [-0.15, -0.1) is 0 Å². The summed E-state index contributed by atoms with van der Waals surface area (Å²) in [7, 11) is 0. The third-order valence-electron chi connectivity index (χ3n) is 11.9. The van der Waals surface area contributed by atoms with Crippen molar-refractivity contribution in [1.29, 1.82) is 0 Å². The van der Waals surface area contributed by atoms with Crippen LogP contribution in [0, 0.1) is 17.6 Å². The molecule has 2 saturated heterocycles. The molecular weight excluding hydrogens is 837 g/mol. The molecule has 2 fully saturated rings. The summed E-state index contributed by atoms with van der Waals surface area (Å²) in [5, 5.41) is 4.55. The van der Waals surface area contributed by atoms with Crippen LogP contribution < -0.4 is 20.5 Å². The van der Waals surface area contributed by atoms with Crippen molar-refractivity contribution < 1.29 is 13.5 Å². The molecule has 312 valence electrons. The highest BCUT2D eigenvalue weighted by Gasteiger charge is 2.39. The van der Waals surface area contributed by atoms with E-state index in [1.807, 2.05) is 25.1 Å². The molecule has 5 aromatic carbocycles. The van der Waals surface area contributed by atoms with E-state index in [0.29, 0.717) is 97.1 Å². The second-order valence-corrected chi connectivity index (χ2v) is 17.0. The summed E-state index contributed by atoms with van der Waals surface area (Å²) in [6.07, 6.45) is 3.10. The number of hydrogen-bond acceptors (Lipinski definition) is 9. The fourth-order valence-electron chi connectivity index (χ4n) is 8.89. The van der Waals surface area contributed by atoms with Gasteiger partial charge in [-0.25, -0.2) is 34.6 Å². The number of nitrogens with two attached hydrogens (primary N) is 1. The molecule has 9 rings (SSSR count). The van der Waals surface area contributed by atoms with Crippen LogP contribution >= 0.6 is 34.8 Å². The highest BCUT2D eigenvalue weighted by atomic mass is 35.5. The van der Waals surface area contributed by atoms with Gasteiger partial charge in [-0.2, -0.15) is 0 Å². The minimum absolute atomic E-state index is 0.0458. The Morgan fingerprint density at radius 1 is 0.721 bits per heavy atom. The first-order valence-electron chi connectivity index (χ1n) is 20.5. The topological polar surface area (TPSA) is 96.5 Å². The lowest BCUT2D eigenvalue weighted by Crippen LogP contribution is -2.56. The lowest BCUT2D eigenvalue weighted by molar-refractivity contribution is 0.148. The molecule has 2 aliphatic rings. The molecule has 0 spiro atoms. The molecule has 2 atom stereocenters. The van der Waals surface area contributed by atoms with Crippen molar-refractivity contribution in [2.45, 2.75) is 51.2 Å². The Kier molecular flexibility index (Phi) is 11.9. The number of aromatic nitrogens is 4. The highest BCUT2D eigenvalue weighted by molar-refractivity contribution is 6.32. The number of likely N-dealkylation sites (tertiary alicyclic amines) is 1. The predicted octanol–water partition coefficient (Wildman–Crippen LogP) is 11.2. The largest absolute Gasteiger partial charge is 0.492 e. The van der Waals surface area contributed by atoms with E-state index in [0.717, 1.165) is 38.0 Å². The summed E-state index contributed by atoms with van der Waals surface area (Å²) < 4.78 is 36.6.